The molecular formula is C14H15N3. The van der Waals surface area contributed by atoms with E-state index in [1.807, 2.05) is 7.05 Å². The minimum Gasteiger partial charge on any atom is -0.325 e. The standard InChI is InChI=1S/C14H15N3/c1-15-13-11-8-7-9-5-3-4-6-10(9)12(11)14(16-2)17-13/h4,6-8H,3,5H2,1-2H3,(H,15,16,17). The van der Waals surface area contributed by atoms with Gasteiger partial charge in [0.25, 0.3) is 0 Å². The van der Waals surface area contributed by atoms with Gasteiger partial charge in [0.2, 0.25) is 0 Å². The van der Waals surface area contributed by atoms with Gasteiger partial charge in [-0.25, -0.2) is 0 Å². The number of nitrogens with zero attached hydrogens (tertiary/aromatic N) is 2. The summed E-state index contributed by atoms with van der Waals surface area (Å²) < 4.78 is 0. The van der Waals surface area contributed by atoms with Crippen molar-refractivity contribution >= 4 is 17.7 Å². The highest BCUT2D eigenvalue weighted by Gasteiger charge is 2.26. The molecule has 1 aliphatic heterocycles. The summed E-state index contributed by atoms with van der Waals surface area (Å²) in [6, 6.07) is 4.37. The van der Waals surface area contributed by atoms with Crippen LogP contribution in [0.4, 0.5) is 0 Å². The Balaban J connectivity index is 2.31. The van der Waals surface area contributed by atoms with Crippen LogP contribution in [0.25, 0.3) is 6.08 Å². The number of aliphatic imine (C=N–C) groups is 2. The van der Waals surface area contributed by atoms with Crippen molar-refractivity contribution in [2.24, 2.45) is 9.98 Å². The predicted octanol–water partition coefficient (Wildman–Crippen LogP) is 2.00. The maximum atomic E-state index is 4.33. The molecular weight excluding hydrogens is 210 g/mol. The van der Waals surface area contributed by atoms with Crippen LogP contribution in [0.5, 0.6) is 0 Å². The van der Waals surface area contributed by atoms with E-state index < -0.39 is 0 Å². The quantitative estimate of drug-likeness (QED) is 0.720. The number of hydrogen-bond acceptors (Lipinski definition) is 2. The fraction of sp³-hybridized carbons (Fsp3) is 0.286. The number of fused-ring (bicyclic) bond motifs is 3. The van der Waals surface area contributed by atoms with E-state index in [4.69, 9.17) is 0 Å². The van der Waals surface area contributed by atoms with Crippen LogP contribution in [-0.4, -0.2) is 25.8 Å². The molecule has 0 aromatic heterocycles. The number of allylic oxidation sites excluding steroid dienone is 1. The van der Waals surface area contributed by atoms with Crippen molar-refractivity contribution in [3.63, 3.8) is 0 Å². The normalized spacial score (nSPS) is 21.5. The van der Waals surface area contributed by atoms with Crippen LogP contribution in [0.2, 0.25) is 0 Å². The third-order valence-corrected chi connectivity index (χ3v) is 3.38. The molecule has 1 N–H and O–H groups in total. The number of aryl methyl sites for hydroxylation is 1. The van der Waals surface area contributed by atoms with Gasteiger partial charge in [0, 0.05) is 25.2 Å². The highest BCUT2D eigenvalue weighted by Crippen LogP contribution is 2.29. The topological polar surface area (TPSA) is 36.8 Å². The molecule has 0 amide bonds. The van der Waals surface area contributed by atoms with E-state index in [1.54, 1.807) is 7.05 Å². The Morgan fingerprint density at radius 3 is 2.71 bits per heavy atom. The van der Waals surface area contributed by atoms with Gasteiger partial charge in [-0.15, -0.1) is 0 Å². The van der Waals surface area contributed by atoms with Gasteiger partial charge in [0.1, 0.15) is 11.7 Å². The first-order valence-electron chi connectivity index (χ1n) is 5.89. The number of amidine groups is 2. The molecule has 0 fully saturated rings. The van der Waals surface area contributed by atoms with Crippen LogP contribution in [0.3, 0.4) is 0 Å². The third kappa shape index (κ3) is 1.42. The van der Waals surface area contributed by atoms with Crippen molar-refractivity contribution in [3.8, 4) is 0 Å². The summed E-state index contributed by atoms with van der Waals surface area (Å²) in [6.07, 6.45) is 6.70. The van der Waals surface area contributed by atoms with Crippen molar-refractivity contribution in [1.29, 1.82) is 0 Å². The molecule has 1 aromatic rings. The lowest BCUT2D eigenvalue weighted by molar-refractivity contribution is 0.984. The largest absolute Gasteiger partial charge is 0.325 e. The Labute approximate surface area is 101 Å². The Morgan fingerprint density at radius 1 is 1.12 bits per heavy atom. The Kier molecular flexibility index (Phi) is 2.32. The average molecular weight is 225 g/mol. The Morgan fingerprint density at radius 2 is 1.94 bits per heavy atom. The van der Waals surface area contributed by atoms with E-state index in [1.165, 1.54) is 22.3 Å². The summed E-state index contributed by atoms with van der Waals surface area (Å²) in [5.74, 6) is 1.85. The first-order chi connectivity index (χ1) is 8.35. The second-order valence-electron chi connectivity index (χ2n) is 4.27. The molecule has 0 spiro atoms. The predicted molar refractivity (Wildman–Crippen MR) is 71.9 cm³/mol. The SMILES string of the molecule is CN=C1NC(=NC)c2c1ccc1c2C=CCC1. The van der Waals surface area contributed by atoms with E-state index in [0.717, 1.165) is 24.5 Å². The van der Waals surface area contributed by atoms with Gasteiger partial charge in [-0.1, -0.05) is 24.3 Å². The van der Waals surface area contributed by atoms with Crippen LogP contribution < -0.4 is 5.32 Å². The van der Waals surface area contributed by atoms with E-state index >= 15 is 0 Å². The first-order valence-corrected chi connectivity index (χ1v) is 5.89. The highest BCUT2D eigenvalue weighted by molar-refractivity contribution is 6.26. The second-order valence-corrected chi connectivity index (χ2v) is 4.27. The first kappa shape index (κ1) is 10.3. The minimum atomic E-state index is 0.919. The second kappa shape index (κ2) is 3.84. The zero-order valence-electron chi connectivity index (χ0n) is 10.1. The summed E-state index contributed by atoms with van der Waals surface area (Å²) in [5, 5.41) is 3.27. The number of nitrogens with one attached hydrogen (secondary N) is 1. The summed E-state index contributed by atoms with van der Waals surface area (Å²) in [7, 11) is 3.62. The zero-order valence-corrected chi connectivity index (χ0v) is 10.1. The lowest BCUT2D eigenvalue weighted by Crippen LogP contribution is -2.22. The molecule has 17 heavy (non-hydrogen) atoms. The summed E-state index contributed by atoms with van der Waals surface area (Å²) in [4.78, 5) is 8.60. The minimum absolute atomic E-state index is 0.919. The van der Waals surface area contributed by atoms with E-state index in [-0.39, 0.29) is 0 Å². The lowest BCUT2D eigenvalue weighted by Gasteiger charge is -2.13. The Hall–Kier alpha value is -1.90. The smallest absolute Gasteiger partial charge is 0.134 e. The van der Waals surface area contributed by atoms with Gasteiger partial charge in [0.05, 0.1) is 0 Å². The molecule has 0 atom stereocenters. The summed E-state index contributed by atoms with van der Waals surface area (Å²) >= 11 is 0. The molecule has 86 valence electrons. The molecule has 0 saturated carbocycles. The van der Waals surface area contributed by atoms with E-state index in [9.17, 15) is 0 Å². The molecule has 3 heteroatoms. The summed E-state index contributed by atoms with van der Waals surface area (Å²) in [6.45, 7) is 0. The van der Waals surface area contributed by atoms with Crippen LogP contribution in [0.15, 0.2) is 28.2 Å². The maximum absolute atomic E-state index is 4.33. The fourth-order valence-corrected chi connectivity index (χ4v) is 2.55. The molecule has 0 radical (unpaired) electrons. The summed E-state index contributed by atoms with van der Waals surface area (Å²) in [5.41, 5.74) is 5.09. The molecule has 3 nitrogen and oxygen atoms in total. The highest BCUT2D eigenvalue weighted by atomic mass is 15.1. The van der Waals surface area contributed by atoms with Gasteiger partial charge < -0.3 is 5.32 Å². The maximum Gasteiger partial charge on any atom is 0.134 e. The van der Waals surface area contributed by atoms with Crippen LogP contribution >= 0.6 is 0 Å². The van der Waals surface area contributed by atoms with Crippen molar-refractivity contribution in [1.82, 2.24) is 5.32 Å². The average Bonchev–Trinajstić information content (AvgIpc) is 2.77. The van der Waals surface area contributed by atoms with E-state index in [2.05, 4.69) is 39.6 Å². The molecule has 1 aliphatic carbocycles. The monoisotopic (exact) mass is 225 g/mol. The van der Waals surface area contributed by atoms with Crippen molar-refractivity contribution < 1.29 is 0 Å². The van der Waals surface area contributed by atoms with E-state index in [0.29, 0.717) is 0 Å². The third-order valence-electron chi connectivity index (χ3n) is 3.38. The molecule has 1 aromatic carbocycles. The van der Waals surface area contributed by atoms with Crippen molar-refractivity contribution in [2.75, 3.05) is 14.1 Å². The number of hydrogen-bond donors (Lipinski definition) is 1. The van der Waals surface area contributed by atoms with Gasteiger partial charge in [-0.2, -0.15) is 0 Å². The molecule has 2 aliphatic rings. The van der Waals surface area contributed by atoms with Gasteiger partial charge in [-0.3, -0.25) is 9.98 Å². The molecule has 0 bridgehead atoms. The Bertz CT molecular complexity index is 565. The molecule has 1 heterocycles. The molecule has 3 rings (SSSR count). The van der Waals surface area contributed by atoms with Crippen LogP contribution in [0, 0.1) is 0 Å². The van der Waals surface area contributed by atoms with Gasteiger partial charge >= 0.3 is 0 Å². The van der Waals surface area contributed by atoms with Gasteiger partial charge in [0.15, 0.2) is 0 Å². The van der Waals surface area contributed by atoms with Crippen molar-refractivity contribution in [3.05, 3.63) is 40.5 Å². The molecule has 0 unspecified atom stereocenters. The fourth-order valence-electron chi connectivity index (χ4n) is 2.55. The number of rotatable bonds is 0. The van der Waals surface area contributed by atoms with Crippen LogP contribution in [0.1, 0.15) is 28.7 Å². The molecule has 0 saturated heterocycles. The van der Waals surface area contributed by atoms with Gasteiger partial charge in [-0.05, 0) is 24.0 Å². The van der Waals surface area contributed by atoms with Crippen molar-refractivity contribution in [2.45, 2.75) is 12.8 Å². The lowest BCUT2D eigenvalue weighted by atomic mass is 9.90. The zero-order chi connectivity index (χ0) is 11.8. The van der Waals surface area contributed by atoms with Crippen LogP contribution in [-0.2, 0) is 6.42 Å². The number of benzene rings is 1.